The smallest absolute Gasteiger partial charge is 0.780 e. The topological polar surface area (TPSA) is 191 Å². The molecule has 0 aromatic carbocycles. The average Bonchev–Trinajstić information content (AvgIpc) is 2.42. The van der Waals surface area contributed by atoms with E-state index in [1.54, 1.807) is 0 Å². The molecule has 0 amide bonds. The van der Waals surface area contributed by atoms with E-state index < -0.39 is 44.1 Å². The molecule has 1 heterocycles. The van der Waals surface area contributed by atoms with Crippen molar-refractivity contribution in [2.75, 3.05) is 6.61 Å². The Morgan fingerprint density at radius 1 is 1.50 bits per heavy atom. The fourth-order valence-corrected chi connectivity index (χ4v) is 1.40. The van der Waals surface area contributed by atoms with E-state index in [9.17, 15) is 24.3 Å². The Morgan fingerprint density at radius 2 is 2.00 bits per heavy atom. The number of aliphatic hydroxyl groups is 3. The minimum atomic E-state index is -5.52. The Kier molecular flexibility index (Phi) is 8.66. The van der Waals surface area contributed by atoms with Gasteiger partial charge in [-0.05, 0) is 0 Å². The van der Waals surface area contributed by atoms with Crippen molar-refractivity contribution in [3.8, 4) is 0 Å². The first kappa shape index (κ1) is 20.4. The van der Waals surface area contributed by atoms with Crippen LogP contribution in [-0.2, 0) is 18.6 Å². The van der Waals surface area contributed by atoms with E-state index in [4.69, 9.17) is 10.2 Å². The zero-order valence-electron chi connectivity index (χ0n) is 8.81. The number of carbonyl (C=O) groups excluding carboxylic acids is 1. The summed E-state index contributed by atoms with van der Waals surface area (Å²) in [5.41, 5.74) is 0. The Hall–Kier alpha value is 0.0997. The van der Waals surface area contributed by atoms with E-state index >= 15 is 0 Å². The van der Waals surface area contributed by atoms with Crippen molar-refractivity contribution in [1.29, 1.82) is 0 Å². The van der Waals surface area contributed by atoms with Gasteiger partial charge in [0.2, 0.25) is 0 Å². The Labute approximate surface area is 130 Å². The van der Waals surface area contributed by atoms with E-state index in [1.165, 1.54) is 0 Å². The number of rotatable bonds is 4. The first-order valence-electron chi connectivity index (χ1n) is 3.91. The standard InChI is InChI=1S/C6H9O9P.Ca.H2O/c7-1-2(8)4-3(9)5(6(10)14-4)15-16(11,12)13;;/h2,4,7-9H,1H2,(H2,11,12,13);;1H2/q;+2;/p-2/t2-,4+;;/m0../s1. The van der Waals surface area contributed by atoms with Crippen molar-refractivity contribution in [1.82, 2.24) is 0 Å². The van der Waals surface area contributed by atoms with E-state index in [2.05, 4.69) is 9.26 Å². The van der Waals surface area contributed by atoms with Crippen molar-refractivity contribution >= 4 is 51.5 Å². The van der Waals surface area contributed by atoms with Crippen LogP contribution in [0, 0.1) is 0 Å². The maximum atomic E-state index is 10.9. The number of esters is 1. The zero-order chi connectivity index (χ0) is 12.5. The molecule has 12 heteroatoms. The summed E-state index contributed by atoms with van der Waals surface area (Å²) >= 11 is 0. The average molecular weight is 312 g/mol. The number of aliphatic hydroxyl groups excluding tert-OH is 3. The summed E-state index contributed by atoms with van der Waals surface area (Å²) in [5, 5.41) is 26.8. The van der Waals surface area contributed by atoms with Gasteiger partial charge in [-0.15, -0.1) is 0 Å². The number of hydrogen-bond donors (Lipinski definition) is 3. The zero-order valence-corrected chi connectivity index (χ0v) is 11.9. The molecule has 0 aromatic heterocycles. The molecule has 0 spiro atoms. The fraction of sp³-hybridized carbons (Fsp3) is 0.500. The van der Waals surface area contributed by atoms with Crippen LogP contribution in [0.2, 0.25) is 0 Å². The first-order valence-corrected chi connectivity index (χ1v) is 5.37. The predicted molar refractivity (Wildman–Crippen MR) is 50.7 cm³/mol. The van der Waals surface area contributed by atoms with Gasteiger partial charge >= 0.3 is 43.7 Å². The molecule has 10 nitrogen and oxygen atoms in total. The molecular formula is C6H9CaO10P. The van der Waals surface area contributed by atoms with Gasteiger partial charge < -0.3 is 44.4 Å². The molecule has 0 saturated carbocycles. The third-order valence-corrected chi connectivity index (χ3v) is 2.07. The van der Waals surface area contributed by atoms with Crippen LogP contribution < -0.4 is 9.79 Å². The molecule has 0 bridgehead atoms. The maximum absolute atomic E-state index is 10.9. The number of phosphoric acid groups is 1. The van der Waals surface area contributed by atoms with Crippen molar-refractivity contribution in [3.63, 3.8) is 0 Å². The van der Waals surface area contributed by atoms with Gasteiger partial charge in [0.15, 0.2) is 11.9 Å². The summed E-state index contributed by atoms with van der Waals surface area (Å²) in [7, 11) is -5.52. The van der Waals surface area contributed by atoms with E-state index in [0.717, 1.165) is 0 Å². The van der Waals surface area contributed by atoms with Crippen LogP contribution in [0.15, 0.2) is 11.5 Å². The van der Waals surface area contributed by atoms with Crippen molar-refractivity contribution in [2.45, 2.75) is 12.2 Å². The normalized spacial score (nSPS) is 20.7. The quantitative estimate of drug-likeness (QED) is 0.261. The molecule has 0 aromatic rings. The largest absolute Gasteiger partial charge is 2.00 e. The van der Waals surface area contributed by atoms with Gasteiger partial charge in [-0.25, -0.2) is 4.79 Å². The third-order valence-electron chi connectivity index (χ3n) is 1.66. The number of phosphoric ester groups is 1. The molecule has 2 atom stereocenters. The minimum absolute atomic E-state index is 0. The minimum Gasteiger partial charge on any atom is -0.780 e. The van der Waals surface area contributed by atoms with Crippen LogP contribution in [0.4, 0.5) is 0 Å². The number of ether oxygens (including phenoxy) is 1. The van der Waals surface area contributed by atoms with E-state index in [0.29, 0.717) is 0 Å². The van der Waals surface area contributed by atoms with Crippen molar-refractivity contribution < 1.29 is 49.2 Å². The molecule has 0 aliphatic carbocycles. The molecule has 0 fully saturated rings. The van der Waals surface area contributed by atoms with Crippen LogP contribution >= 0.6 is 7.82 Å². The predicted octanol–water partition coefficient (Wildman–Crippen LogP) is -4.33. The number of carbonyl (C=O) groups is 1. The molecule has 0 radical (unpaired) electrons. The summed E-state index contributed by atoms with van der Waals surface area (Å²) in [6, 6.07) is 0. The van der Waals surface area contributed by atoms with Crippen LogP contribution in [0.25, 0.3) is 0 Å². The Balaban J connectivity index is 0. The molecule has 5 N–H and O–H groups in total. The second-order valence-corrected chi connectivity index (χ2v) is 3.91. The summed E-state index contributed by atoms with van der Waals surface area (Å²) in [5.74, 6) is -3.67. The molecule has 1 aliphatic rings. The fourth-order valence-electron chi connectivity index (χ4n) is 1.01. The summed E-state index contributed by atoms with van der Waals surface area (Å²) in [6.45, 7) is -0.846. The van der Waals surface area contributed by atoms with Crippen LogP contribution in [0.5, 0.6) is 0 Å². The monoisotopic (exact) mass is 312 g/mol. The van der Waals surface area contributed by atoms with Crippen molar-refractivity contribution in [3.05, 3.63) is 11.5 Å². The number of cyclic esters (lactones) is 1. The van der Waals surface area contributed by atoms with E-state index in [-0.39, 0.29) is 43.2 Å². The van der Waals surface area contributed by atoms with Gasteiger partial charge in [-0.3, -0.25) is 0 Å². The summed E-state index contributed by atoms with van der Waals surface area (Å²) in [6.07, 6.45) is -3.30. The van der Waals surface area contributed by atoms with Gasteiger partial charge in [0.25, 0.3) is 5.76 Å². The Bertz CT molecular complexity index is 375. The number of hydrogen-bond acceptors (Lipinski definition) is 9. The van der Waals surface area contributed by atoms with Gasteiger partial charge in [-0.1, -0.05) is 0 Å². The third kappa shape index (κ3) is 5.00. The summed E-state index contributed by atoms with van der Waals surface area (Å²) < 4.78 is 18.2. The second-order valence-electron chi connectivity index (χ2n) is 2.83. The van der Waals surface area contributed by atoms with Crippen LogP contribution in [-0.4, -0.2) is 83.3 Å². The first-order chi connectivity index (χ1) is 7.26. The molecule has 1 aliphatic heterocycles. The molecule has 18 heavy (non-hydrogen) atoms. The Morgan fingerprint density at radius 3 is 2.39 bits per heavy atom. The van der Waals surface area contributed by atoms with E-state index in [1.807, 2.05) is 0 Å². The molecular weight excluding hydrogens is 303 g/mol. The van der Waals surface area contributed by atoms with Crippen molar-refractivity contribution in [2.24, 2.45) is 0 Å². The second kappa shape index (κ2) is 7.63. The van der Waals surface area contributed by atoms with Crippen LogP contribution in [0.1, 0.15) is 0 Å². The van der Waals surface area contributed by atoms with Gasteiger partial charge in [0.05, 0.1) is 6.61 Å². The summed E-state index contributed by atoms with van der Waals surface area (Å²) in [4.78, 5) is 31.4. The van der Waals surface area contributed by atoms with Gasteiger partial charge in [0, 0.05) is 0 Å². The molecule has 0 unspecified atom stereocenters. The molecule has 1 rings (SSSR count). The maximum Gasteiger partial charge on any atom is 2.00 e. The van der Waals surface area contributed by atoms with Crippen LogP contribution in [0.3, 0.4) is 0 Å². The SMILES string of the molecule is O.O=C1O[C@H]([C@@H](O)CO)C(O)=C1OP(=O)([O-])[O-].[Ca+2]. The molecule has 100 valence electrons. The molecule has 0 saturated heterocycles. The van der Waals surface area contributed by atoms with Gasteiger partial charge in [0.1, 0.15) is 13.9 Å². The van der Waals surface area contributed by atoms with Gasteiger partial charge in [-0.2, -0.15) is 0 Å².